The summed E-state index contributed by atoms with van der Waals surface area (Å²) in [4.78, 5) is 13.2. The Morgan fingerprint density at radius 2 is 2.17 bits per heavy atom. The number of sulfonamides is 1. The van der Waals surface area contributed by atoms with Crippen LogP contribution >= 0.6 is 0 Å². The van der Waals surface area contributed by atoms with Crippen LogP contribution in [0.5, 0.6) is 0 Å². The Kier molecular flexibility index (Phi) is 3.30. The van der Waals surface area contributed by atoms with E-state index in [0.717, 1.165) is 11.9 Å². The quantitative estimate of drug-likeness (QED) is 0.787. The maximum atomic E-state index is 11.9. The molecule has 7 nitrogen and oxygen atoms in total. The van der Waals surface area contributed by atoms with E-state index in [-0.39, 0.29) is 17.0 Å². The van der Waals surface area contributed by atoms with Crippen molar-refractivity contribution in [2.75, 3.05) is 0 Å². The molecule has 2 rings (SSSR count). The molecular formula is C10H12N4O3S. The number of nitrogens with zero attached hydrogens (tertiary/aromatic N) is 2. The van der Waals surface area contributed by atoms with Crippen molar-refractivity contribution in [3.05, 3.63) is 46.6 Å². The second-order valence-corrected chi connectivity index (χ2v) is 5.43. The molecule has 0 saturated heterocycles. The highest BCUT2D eigenvalue weighted by atomic mass is 32.2. The van der Waals surface area contributed by atoms with Gasteiger partial charge in [0.2, 0.25) is 15.6 Å². The van der Waals surface area contributed by atoms with Gasteiger partial charge in [-0.1, -0.05) is 0 Å². The topological polar surface area (TPSA) is 96.8 Å². The molecule has 8 heteroatoms. The fourth-order valence-corrected chi connectivity index (χ4v) is 2.36. The van der Waals surface area contributed by atoms with Crippen molar-refractivity contribution in [2.45, 2.75) is 11.4 Å². The minimum atomic E-state index is -3.63. The molecule has 2 heterocycles. The number of pyridine rings is 1. The number of aryl methyl sites for hydroxylation is 1. The van der Waals surface area contributed by atoms with Crippen LogP contribution in [0.15, 0.2) is 40.3 Å². The average molecular weight is 268 g/mol. The maximum Gasteiger partial charge on any atom is 0.247 e. The van der Waals surface area contributed by atoms with Crippen molar-refractivity contribution in [3.63, 3.8) is 0 Å². The van der Waals surface area contributed by atoms with Gasteiger partial charge < -0.3 is 4.98 Å². The van der Waals surface area contributed by atoms with Gasteiger partial charge in [0.15, 0.2) is 0 Å². The molecular weight excluding hydrogens is 256 g/mol. The van der Waals surface area contributed by atoms with Crippen LogP contribution in [0.1, 0.15) is 5.69 Å². The predicted molar refractivity (Wildman–Crippen MR) is 64.3 cm³/mol. The molecule has 18 heavy (non-hydrogen) atoms. The van der Waals surface area contributed by atoms with Crippen molar-refractivity contribution in [2.24, 2.45) is 7.05 Å². The zero-order valence-electron chi connectivity index (χ0n) is 9.62. The first-order chi connectivity index (χ1) is 8.49. The van der Waals surface area contributed by atoms with E-state index in [1.807, 2.05) is 0 Å². The zero-order chi connectivity index (χ0) is 13.2. The van der Waals surface area contributed by atoms with Crippen LogP contribution < -0.4 is 10.3 Å². The minimum absolute atomic E-state index is 0.0178. The van der Waals surface area contributed by atoms with Crippen LogP contribution in [-0.2, 0) is 23.6 Å². The molecule has 0 atom stereocenters. The second-order valence-electron chi connectivity index (χ2n) is 3.66. The molecule has 0 fully saturated rings. The van der Waals surface area contributed by atoms with Crippen LogP contribution in [0, 0.1) is 0 Å². The third kappa shape index (κ3) is 2.66. The number of H-pyrrole nitrogens is 1. The Hall–Kier alpha value is -1.93. The first-order valence-electron chi connectivity index (χ1n) is 5.14. The van der Waals surface area contributed by atoms with E-state index in [1.165, 1.54) is 12.1 Å². The largest absolute Gasteiger partial charge is 0.328 e. The van der Waals surface area contributed by atoms with Crippen LogP contribution in [0.25, 0.3) is 0 Å². The molecule has 0 unspecified atom stereocenters. The van der Waals surface area contributed by atoms with E-state index < -0.39 is 10.0 Å². The zero-order valence-corrected chi connectivity index (χ0v) is 10.4. The summed E-state index contributed by atoms with van der Waals surface area (Å²) in [6.45, 7) is 0.137. The number of hydrogen-bond acceptors (Lipinski definition) is 4. The SMILES string of the molecule is Cn1nccc1CNS(=O)(=O)c1ccc(=O)[nH]c1. The fourth-order valence-electron chi connectivity index (χ4n) is 1.39. The van der Waals surface area contributed by atoms with Crippen molar-refractivity contribution in [1.29, 1.82) is 0 Å². The van der Waals surface area contributed by atoms with E-state index in [9.17, 15) is 13.2 Å². The van der Waals surface area contributed by atoms with Crippen molar-refractivity contribution in [1.82, 2.24) is 19.5 Å². The summed E-state index contributed by atoms with van der Waals surface area (Å²) in [7, 11) is -1.91. The number of rotatable bonds is 4. The molecule has 2 N–H and O–H groups in total. The maximum absolute atomic E-state index is 11.9. The van der Waals surface area contributed by atoms with E-state index in [0.29, 0.717) is 0 Å². The summed E-state index contributed by atoms with van der Waals surface area (Å²) < 4.78 is 27.8. The summed E-state index contributed by atoms with van der Waals surface area (Å²) in [5.74, 6) is 0. The van der Waals surface area contributed by atoms with E-state index in [4.69, 9.17) is 0 Å². The average Bonchev–Trinajstić information content (AvgIpc) is 2.73. The third-order valence-corrected chi connectivity index (χ3v) is 3.83. The summed E-state index contributed by atoms with van der Waals surface area (Å²) in [6.07, 6.45) is 2.75. The standard InChI is InChI=1S/C10H12N4O3S/c1-14-8(4-5-12-14)6-13-18(16,17)9-2-3-10(15)11-7-9/h2-5,7,13H,6H2,1H3,(H,11,15). The highest BCUT2D eigenvalue weighted by Crippen LogP contribution is 2.05. The monoisotopic (exact) mass is 268 g/mol. The van der Waals surface area contributed by atoms with E-state index >= 15 is 0 Å². The molecule has 0 spiro atoms. The molecule has 0 aliphatic rings. The lowest BCUT2D eigenvalue weighted by atomic mass is 10.4. The second kappa shape index (κ2) is 4.75. The van der Waals surface area contributed by atoms with Gasteiger partial charge in [0.05, 0.1) is 17.1 Å². The van der Waals surface area contributed by atoms with Gasteiger partial charge in [-0.2, -0.15) is 5.10 Å². The van der Waals surface area contributed by atoms with Crippen LogP contribution in [0.4, 0.5) is 0 Å². The molecule has 0 aliphatic heterocycles. The van der Waals surface area contributed by atoms with Gasteiger partial charge in [-0.25, -0.2) is 13.1 Å². The first kappa shape index (κ1) is 12.5. The van der Waals surface area contributed by atoms with Crippen LogP contribution in [0.3, 0.4) is 0 Å². The minimum Gasteiger partial charge on any atom is -0.328 e. The van der Waals surface area contributed by atoms with Crippen molar-refractivity contribution in [3.8, 4) is 0 Å². The molecule has 0 saturated carbocycles. The van der Waals surface area contributed by atoms with E-state index in [1.54, 1.807) is 24.0 Å². The molecule has 2 aromatic rings. The lowest BCUT2D eigenvalue weighted by Crippen LogP contribution is -2.25. The Bertz CT molecular complexity index is 681. The van der Waals surface area contributed by atoms with Crippen LogP contribution in [-0.4, -0.2) is 23.2 Å². The third-order valence-electron chi connectivity index (χ3n) is 2.43. The summed E-state index contributed by atoms with van der Waals surface area (Å²) in [5.41, 5.74) is 0.392. The van der Waals surface area contributed by atoms with Gasteiger partial charge in [-0.15, -0.1) is 0 Å². The van der Waals surface area contributed by atoms with Crippen molar-refractivity contribution < 1.29 is 8.42 Å². The lowest BCUT2D eigenvalue weighted by molar-refractivity contribution is 0.576. The lowest BCUT2D eigenvalue weighted by Gasteiger charge is -2.06. The Morgan fingerprint density at radius 3 is 2.72 bits per heavy atom. The van der Waals surface area contributed by atoms with Crippen molar-refractivity contribution >= 4 is 10.0 Å². The summed E-state index contributed by atoms with van der Waals surface area (Å²) in [6, 6.07) is 4.14. The highest BCUT2D eigenvalue weighted by molar-refractivity contribution is 7.89. The molecule has 0 amide bonds. The molecule has 0 bridgehead atoms. The number of hydrogen-bond donors (Lipinski definition) is 2. The van der Waals surface area contributed by atoms with Gasteiger partial charge in [0.1, 0.15) is 0 Å². The van der Waals surface area contributed by atoms with Gasteiger partial charge in [0.25, 0.3) is 0 Å². The fraction of sp³-hybridized carbons (Fsp3) is 0.200. The Labute approximate surface area is 104 Å². The molecule has 0 aliphatic carbocycles. The number of aromatic nitrogens is 3. The summed E-state index contributed by atoms with van der Waals surface area (Å²) in [5, 5.41) is 3.94. The number of aromatic amines is 1. The van der Waals surface area contributed by atoms with Crippen LogP contribution in [0.2, 0.25) is 0 Å². The van der Waals surface area contributed by atoms with Gasteiger partial charge in [-0.05, 0) is 12.1 Å². The van der Waals surface area contributed by atoms with E-state index in [2.05, 4.69) is 14.8 Å². The predicted octanol–water partition coefficient (Wildman–Crippen LogP) is -0.413. The molecule has 0 radical (unpaired) electrons. The highest BCUT2D eigenvalue weighted by Gasteiger charge is 2.14. The molecule has 0 aromatic carbocycles. The Balaban J connectivity index is 2.15. The molecule has 96 valence electrons. The van der Waals surface area contributed by atoms with Gasteiger partial charge in [0, 0.05) is 25.5 Å². The normalized spacial score (nSPS) is 11.6. The first-order valence-corrected chi connectivity index (χ1v) is 6.63. The van der Waals surface area contributed by atoms with Gasteiger partial charge >= 0.3 is 0 Å². The number of nitrogens with one attached hydrogen (secondary N) is 2. The smallest absolute Gasteiger partial charge is 0.247 e. The summed E-state index contributed by atoms with van der Waals surface area (Å²) >= 11 is 0. The molecule has 2 aromatic heterocycles. The van der Waals surface area contributed by atoms with Gasteiger partial charge in [-0.3, -0.25) is 9.48 Å². The Morgan fingerprint density at radius 1 is 1.39 bits per heavy atom.